The molecule has 0 fully saturated rings. The van der Waals surface area contributed by atoms with E-state index in [1.54, 1.807) is 30.4 Å². The summed E-state index contributed by atoms with van der Waals surface area (Å²) in [5.41, 5.74) is 0.735. The van der Waals surface area contributed by atoms with Crippen molar-refractivity contribution in [3.05, 3.63) is 50.9 Å². The van der Waals surface area contributed by atoms with Gasteiger partial charge in [0.15, 0.2) is 10.8 Å². The summed E-state index contributed by atoms with van der Waals surface area (Å²) in [6.45, 7) is 0.551. The molecule has 23 heavy (non-hydrogen) atoms. The van der Waals surface area contributed by atoms with Crippen LogP contribution in [-0.4, -0.2) is 32.8 Å². The third-order valence-corrected chi connectivity index (χ3v) is 5.19. The number of carbonyl (C=O) groups excluding carboxylic acids is 1. The number of thiophene rings is 1. The summed E-state index contributed by atoms with van der Waals surface area (Å²) < 4.78 is 0.729. The maximum absolute atomic E-state index is 12.3. The quantitative estimate of drug-likeness (QED) is 0.695. The minimum atomic E-state index is 0.0142. The number of halogens is 1. The Labute approximate surface area is 146 Å². The van der Waals surface area contributed by atoms with Crippen molar-refractivity contribution in [2.75, 3.05) is 7.05 Å². The molecule has 0 aromatic carbocycles. The fourth-order valence-corrected chi connectivity index (χ4v) is 3.85. The van der Waals surface area contributed by atoms with Gasteiger partial charge in [0.25, 0.3) is 0 Å². The van der Waals surface area contributed by atoms with Crippen LogP contribution in [0.5, 0.6) is 0 Å². The Bertz CT molecular complexity index is 803. The number of amides is 1. The zero-order valence-corrected chi connectivity index (χ0v) is 14.7. The number of carbonyl (C=O) groups is 1. The lowest BCUT2D eigenvalue weighted by atomic mass is 10.3. The van der Waals surface area contributed by atoms with E-state index >= 15 is 0 Å². The monoisotopic (exact) mass is 364 g/mol. The highest BCUT2D eigenvalue weighted by Gasteiger charge is 2.14. The number of likely N-dealkylation sites (N-methyl/N-ethyl adjacent to an activating group) is 1. The van der Waals surface area contributed by atoms with Gasteiger partial charge in [0.05, 0.1) is 23.0 Å². The molecule has 0 bridgehead atoms. The first-order valence-electron chi connectivity index (χ1n) is 6.82. The van der Waals surface area contributed by atoms with Gasteiger partial charge < -0.3 is 4.90 Å². The first-order chi connectivity index (χ1) is 11.1. The first-order valence-corrected chi connectivity index (χ1v) is 8.89. The van der Waals surface area contributed by atoms with Crippen LogP contribution in [0, 0.1) is 0 Å². The number of rotatable bonds is 5. The van der Waals surface area contributed by atoms with Crippen LogP contribution in [0.15, 0.2) is 36.0 Å². The molecule has 3 rings (SSSR count). The molecular weight excluding hydrogens is 352 g/mol. The Balaban J connectivity index is 1.63. The molecule has 0 aliphatic heterocycles. The van der Waals surface area contributed by atoms with Crippen LogP contribution in [0.4, 0.5) is 0 Å². The molecule has 0 radical (unpaired) electrons. The molecule has 8 heteroatoms. The van der Waals surface area contributed by atoms with E-state index in [1.807, 2.05) is 17.5 Å². The van der Waals surface area contributed by atoms with Crippen LogP contribution in [-0.2, 0) is 17.8 Å². The molecule has 5 nitrogen and oxygen atoms in total. The third-order valence-electron chi connectivity index (χ3n) is 3.09. The number of thiazole rings is 1. The van der Waals surface area contributed by atoms with E-state index in [2.05, 4.69) is 15.0 Å². The summed E-state index contributed by atoms with van der Waals surface area (Å²) in [4.78, 5) is 27.8. The van der Waals surface area contributed by atoms with Gasteiger partial charge >= 0.3 is 0 Å². The Kier molecular flexibility index (Phi) is 5.00. The van der Waals surface area contributed by atoms with Crippen LogP contribution in [0.1, 0.15) is 10.6 Å². The molecule has 3 aromatic heterocycles. The molecule has 0 N–H and O–H groups in total. The van der Waals surface area contributed by atoms with E-state index in [9.17, 15) is 4.79 Å². The minimum absolute atomic E-state index is 0.0142. The van der Waals surface area contributed by atoms with E-state index in [0.717, 1.165) is 19.9 Å². The summed E-state index contributed by atoms with van der Waals surface area (Å²) in [5, 5.41) is 2.60. The van der Waals surface area contributed by atoms with Gasteiger partial charge in [0.1, 0.15) is 0 Å². The van der Waals surface area contributed by atoms with E-state index in [1.165, 1.54) is 22.7 Å². The minimum Gasteiger partial charge on any atom is -0.340 e. The number of hydrogen-bond acceptors (Lipinski definition) is 6. The molecule has 0 aliphatic rings. The molecule has 0 aliphatic carbocycles. The third kappa shape index (κ3) is 4.13. The van der Waals surface area contributed by atoms with Crippen molar-refractivity contribution in [2.24, 2.45) is 0 Å². The summed E-state index contributed by atoms with van der Waals surface area (Å²) in [6.07, 6.45) is 3.61. The van der Waals surface area contributed by atoms with Gasteiger partial charge in [-0.15, -0.1) is 22.7 Å². The summed E-state index contributed by atoms with van der Waals surface area (Å²) in [6, 6.07) is 5.53. The Morgan fingerprint density at radius 1 is 1.30 bits per heavy atom. The normalized spacial score (nSPS) is 10.7. The van der Waals surface area contributed by atoms with Crippen molar-refractivity contribution in [3.63, 3.8) is 0 Å². The lowest BCUT2D eigenvalue weighted by Gasteiger charge is -2.15. The van der Waals surface area contributed by atoms with Gasteiger partial charge in [0, 0.05) is 29.7 Å². The highest BCUT2D eigenvalue weighted by atomic mass is 35.5. The molecule has 1 amide bonds. The van der Waals surface area contributed by atoms with E-state index in [-0.39, 0.29) is 12.3 Å². The fourth-order valence-electron chi connectivity index (χ4n) is 1.95. The van der Waals surface area contributed by atoms with Crippen molar-refractivity contribution >= 4 is 40.2 Å². The van der Waals surface area contributed by atoms with Crippen LogP contribution < -0.4 is 0 Å². The standard InChI is InChI=1S/C15H13ClN4OS2/c1-20(8-11-3-4-12(16)23-11)13(21)7-10-9-22-15(19-10)14-17-5-2-6-18-14/h2-6,9H,7-8H2,1H3. The molecular formula is C15H13ClN4OS2. The Morgan fingerprint density at radius 3 is 2.78 bits per heavy atom. The van der Waals surface area contributed by atoms with Gasteiger partial charge in [-0.3, -0.25) is 4.79 Å². The molecule has 0 atom stereocenters. The van der Waals surface area contributed by atoms with Gasteiger partial charge in [-0.05, 0) is 18.2 Å². The smallest absolute Gasteiger partial charge is 0.228 e. The van der Waals surface area contributed by atoms with E-state index < -0.39 is 0 Å². The van der Waals surface area contributed by atoms with Crippen molar-refractivity contribution < 1.29 is 4.79 Å². The fraction of sp³-hybridized carbons (Fsp3) is 0.200. The maximum Gasteiger partial charge on any atom is 0.228 e. The summed E-state index contributed by atoms with van der Waals surface area (Å²) in [5.74, 6) is 0.595. The second kappa shape index (κ2) is 7.16. The molecule has 3 heterocycles. The molecule has 118 valence electrons. The van der Waals surface area contributed by atoms with Gasteiger partial charge in [0.2, 0.25) is 5.91 Å². The zero-order chi connectivity index (χ0) is 16.2. The van der Waals surface area contributed by atoms with Crippen molar-refractivity contribution in [3.8, 4) is 10.8 Å². The largest absolute Gasteiger partial charge is 0.340 e. The Hall–Kier alpha value is -1.83. The number of hydrogen-bond donors (Lipinski definition) is 0. The summed E-state index contributed by atoms with van der Waals surface area (Å²) >= 11 is 8.83. The molecule has 0 spiro atoms. The highest BCUT2D eigenvalue weighted by Crippen LogP contribution is 2.23. The molecule has 0 saturated heterocycles. The Morgan fingerprint density at radius 2 is 2.09 bits per heavy atom. The van der Waals surface area contributed by atoms with Crippen molar-refractivity contribution in [1.29, 1.82) is 0 Å². The SMILES string of the molecule is CN(Cc1ccc(Cl)s1)C(=O)Cc1csc(-c2ncccn2)n1. The van der Waals surface area contributed by atoms with Gasteiger partial charge in [-0.2, -0.15) is 0 Å². The highest BCUT2D eigenvalue weighted by molar-refractivity contribution is 7.16. The van der Waals surface area contributed by atoms with E-state index in [4.69, 9.17) is 11.6 Å². The second-order valence-electron chi connectivity index (χ2n) is 4.85. The topological polar surface area (TPSA) is 59.0 Å². The molecule has 0 unspecified atom stereocenters. The summed E-state index contributed by atoms with van der Waals surface area (Å²) in [7, 11) is 1.78. The van der Waals surface area contributed by atoms with E-state index in [0.29, 0.717) is 12.4 Å². The van der Waals surface area contributed by atoms with Crippen LogP contribution in [0.25, 0.3) is 10.8 Å². The second-order valence-corrected chi connectivity index (χ2v) is 7.51. The lowest BCUT2D eigenvalue weighted by molar-refractivity contribution is -0.129. The molecule has 0 saturated carbocycles. The van der Waals surface area contributed by atoms with Crippen molar-refractivity contribution in [2.45, 2.75) is 13.0 Å². The lowest BCUT2D eigenvalue weighted by Crippen LogP contribution is -2.27. The van der Waals surface area contributed by atoms with Gasteiger partial charge in [-0.25, -0.2) is 15.0 Å². The number of nitrogens with zero attached hydrogens (tertiary/aromatic N) is 4. The van der Waals surface area contributed by atoms with Crippen LogP contribution in [0.3, 0.4) is 0 Å². The molecule has 3 aromatic rings. The zero-order valence-electron chi connectivity index (χ0n) is 12.3. The van der Waals surface area contributed by atoms with Crippen molar-refractivity contribution in [1.82, 2.24) is 19.9 Å². The van der Waals surface area contributed by atoms with Crippen LogP contribution in [0.2, 0.25) is 4.34 Å². The average Bonchev–Trinajstić information content (AvgIpc) is 3.17. The maximum atomic E-state index is 12.3. The first kappa shape index (κ1) is 16.0. The van der Waals surface area contributed by atoms with Gasteiger partial charge in [-0.1, -0.05) is 11.6 Å². The predicted octanol–water partition coefficient (Wildman–Crippen LogP) is 3.52. The average molecular weight is 365 g/mol. The van der Waals surface area contributed by atoms with Crippen LogP contribution >= 0.6 is 34.3 Å². The number of aromatic nitrogens is 3. The predicted molar refractivity (Wildman–Crippen MR) is 92.6 cm³/mol.